The van der Waals surface area contributed by atoms with Crippen LogP contribution in [0, 0.1) is 0 Å². The van der Waals surface area contributed by atoms with E-state index in [1.807, 2.05) is 42.6 Å². The minimum atomic E-state index is -0.903. The van der Waals surface area contributed by atoms with E-state index in [1.165, 1.54) is 0 Å². The summed E-state index contributed by atoms with van der Waals surface area (Å²) in [5.41, 5.74) is 3.46. The lowest BCUT2D eigenvalue weighted by Gasteiger charge is -2.04. The molecule has 1 heterocycles. The number of hydrogen-bond donors (Lipinski definition) is 2. The molecule has 3 rings (SSSR count). The standard InChI is InChI=1S/C15H11NO2/c17-15(18)12-6-4-10(5-7-12)13-3-1-2-11-8-9-16-14(11)13/h1-9,16H,(H,17,18). The van der Waals surface area contributed by atoms with Gasteiger partial charge in [-0.05, 0) is 29.1 Å². The Labute approximate surface area is 104 Å². The summed E-state index contributed by atoms with van der Waals surface area (Å²) >= 11 is 0. The maximum atomic E-state index is 10.8. The number of nitrogens with one attached hydrogen (secondary N) is 1. The van der Waals surface area contributed by atoms with Gasteiger partial charge in [-0.3, -0.25) is 0 Å². The van der Waals surface area contributed by atoms with Gasteiger partial charge in [-0.25, -0.2) is 4.79 Å². The summed E-state index contributed by atoms with van der Waals surface area (Å²) in [4.78, 5) is 14.0. The maximum absolute atomic E-state index is 10.8. The first kappa shape index (κ1) is 10.6. The van der Waals surface area contributed by atoms with Crippen LogP contribution in [0.3, 0.4) is 0 Å². The van der Waals surface area contributed by atoms with Crippen molar-refractivity contribution >= 4 is 16.9 Å². The number of rotatable bonds is 2. The molecule has 0 saturated carbocycles. The third-order valence-corrected chi connectivity index (χ3v) is 3.03. The van der Waals surface area contributed by atoms with Gasteiger partial charge in [0.2, 0.25) is 0 Å². The lowest BCUT2D eigenvalue weighted by molar-refractivity contribution is 0.0697. The molecule has 3 aromatic rings. The van der Waals surface area contributed by atoms with E-state index in [1.54, 1.807) is 12.1 Å². The SMILES string of the molecule is O=C(O)c1ccc(-c2cccc3cc[nH]c23)cc1. The normalized spacial score (nSPS) is 10.7. The van der Waals surface area contributed by atoms with Crippen LogP contribution in [0.2, 0.25) is 0 Å². The molecule has 0 aliphatic rings. The number of fused-ring (bicyclic) bond motifs is 1. The molecule has 88 valence electrons. The number of aromatic amines is 1. The van der Waals surface area contributed by atoms with E-state index in [0.29, 0.717) is 5.56 Å². The Bertz CT molecular complexity index is 711. The number of H-pyrrole nitrogens is 1. The highest BCUT2D eigenvalue weighted by Crippen LogP contribution is 2.27. The Morgan fingerprint density at radius 1 is 1.00 bits per heavy atom. The van der Waals surface area contributed by atoms with Gasteiger partial charge in [0, 0.05) is 11.8 Å². The predicted octanol–water partition coefficient (Wildman–Crippen LogP) is 3.53. The van der Waals surface area contributed by atoms with Gasteiger partial charge in [0.15, 0.2) is 0 Å². The Hall–Kier alpha value is -2.55. The fraction of sp³-hybridized carbons (Fsp3) is 0. The van der Waals surface area contributed by atoms with Crippen molar-refractivity contribution in [2.24, 2.45) is 0 Å². The van der Waals surface area contributed by atoms with Gasteiger partial charge in [0.05, 0.1) is 11.1 Å². The first-order valence-corrected chi connectivity index (χ1v) is 5.65. The molecule has 18 heavy (non-hydrogen) atoms. The molecule has 0 saturated heterocycles. The summed E-state index contributed by atoms with van der Waals surface area (Å²) in [6, 6.07) is 15.0. The molecule has 3 nitrogen and oxygen atoms in total. The molecular formula is C15H11NO2. The van der Waals surface area contributed by atoms with E-state index < -0.39 is 5.97 Å². The van der Waals surface area contributed by atoms with Gasteiger partial charge in [-0.2, -0.15) is 0 Å². The smallest absolute Gasteiger partial charge is 0.335 e. The molecule has 0 bridgehead atoms. The number of hydrogen-bond acceptors (Lipinski definition) is 1. The first-order chi connectivity index (χ1) is 8.75. The molecule has 1 aromatic heterocycles. The molecule has 0 aliphatic carbocycles. The van der Waals surface area contributed by atoms with E-state index >= 15 is 0 Å². The predicted molar refractivity (Wildman–Crippen MR) is 70.7 cm³/mol. The number of carboxylic acids is 1. The van der Waals surface area contributed by atoms with Gasteiger partial charge in [-0.1, -0.05) is 30.3 Å². The summed E-state index contributed by atoms with van der Waals surface area (Å²) < 4.78 is 0. The van der Waals surface area contributed by atoms with Gasteiger partial charge in [-0.15, -0.1) is 0 Å². The second-order valence-corrected chi connectivity index (χ2v) is 4.13. The Morgan fingerprint density at radius 3 is 2.50 bits per heavy atom. The van der Waals surface area contributed by atoms with Crippen molar-refractivity contribution in [3.05, 3.63) is 60.3 Å². The lowest BCUT2D eigenvalue weighted by Crippen LogP contribution is -1.95. The third-order valence-electron chi connectivity index (χ3n) is 3.03. The van der Waals surface area contributed by atoms with Crippen molar-refractivity contribution in [3.8, 4) is 11.1 Å². The van der Waals surface area contributed by atoms with Crippen LogP contribution in [0.25, 0.3) is 22.0 Å². The van der Waals surface area contributed by atoms with Crippen molar-refractivity contribution in [1.82, 2.24) is 4.98 Å². The average molecular weight is 237 g/mol. The van der Waals surface area contributed by atoms with E-state index in [-0.39, 0.29) is 0 Å². The summed E-state index contributed by atoms with van der Waals surface area (Å²) in [6.07, 6.45) is 1.90. The van der Waals surface area contributed by atoms with Crippen LogP contribution in [0.4, 0.5) is 0 Å². The summed E-state index contributed by atoms with van der Waals surface area (Å²) in [5.74, 6) is -0.903. The van der Waals surface area contributed by atoms with Crippen LogP contribution >= 0.6 is 0 Å². The fourth-order valence-corrected chi connectivity index (χ4v) is 2.12. The average Bonchev–Trinajstić information content (AvgIpc) is 2.87. The fourth-order valence-electron chi connectivity index (χ4n) is 2.12. The summed E-state index contributed by atoms with van der Waals surface area (Å²) in [6.45, 7) is 0. The molecule has 3 heteroatoms. The molecule has 0 fully saturated rings. The van der Waals surface area contributed by atoms with Crippen molar-refractivity contribution in [2.75, 3.05) is 0 Å². The number of aromatic nitrogens is 1. The molecule has 0 aliphatic heterocycles. The number of aromatic carboxylic acids is 1. The minimum absolute atomic E-state index is 0.303. The highest BCUT2D eigenvalue weighted by atomic mass is 16.4. The first-order valence-electron chi connectivity index (χ1n) is 5.65. The highest BCUT2D eigenvalue weighted by molar-refractivity contribution is 5.95. The van der Waals surface area contributed by atoms with Gasteiger partial charge >= 0.3 is 5.97 Å². The second kappa shape index (κ2) is 4.04. The zero-order valence-corrected chi connectivity index (χ0v) is 9.55. The summed E-state index contributed by atoms with van der Waals surface area (Å²) in [7, 11) is 0. The van der Waals surface area contributed by atoms with Crippen molar-refractivity contribution in [1.29, 1.82) is 0 Å². The zero-order valence-electron chi connectivity index (χ0n) is 9.55. The number of para-hydroxylation sites is 1. The minimum Gasteiger partial charge on any atom is -0.478 e. The van der Waals surface area contributed by atoms with E-state index in [9.17, 15) is 4.79 Å². The van der Waals surface area contributed by atoms with Crippen molar-refractivity contribution in [2.45, 2.75) is 0 Å². The topological polar surface area (TPSA) is 53.1 Å². The zero-order chi connectivity index (χ0) is 12.5. The molecule has 2 aromatic carbocycles. The number of carboxylic acid groups (broad SMARTS) is 1. The van der Waals surface area contributed by atoms with Crippen LogP contribution < -0.4 is 0 Å². The van der Waals surface area contributed by atoms with Crippen molar-refractivity contribution in [3.63, 3.8) is 0 Å². The number of carbonyl (C=O) groups is 1. The molecule has 0 spiro atoms. The molecule has 2 N–H and O–H groups in total. The maximum Gasteiger partial charge on any atom is 0.335 e. The summed E-state index contributed by atoms with van der Waals surface area (Å²) in [5, 5.41) is 10.0. The van der Waals surface area contributed by atoms with Gasteiger partial charge < -0.3 is 10.1 Å². The molecular weight excluding hydrogens is 226 g/mol. The van der Waals surface area contributed by atoms with Gasteiger partial charge in [0.25, 0.3) is 0 Å². The second-order valence-electron chi connectivity index (χ2n) is 4.13. The van der Waals surface area contributed by atoms with Crippen LogP contribution in [-0.2, 0) is 0 Å². The molecule has 0 amide bonds. The monoisotopic (exact) mass is 237 g/mol. The van der Waals surface area contributed by atoms with Crippen LogP contribution in [-0.4, -0.2) is 16.1 Å². The highest BCUT2D eigenvalue weighted by Gasteiger charge is 2.06. The van der Waals surface area contributed by atoms with Crippen LogP contribution in [0.15, 0.2) is 54.7 Å². The quantitative estimate of drug-likeness (QED) is 0.716. The van der Waals surface area contributed by atoms with E-state index in [0.717, 1.165) is 22.0 Å². The molecule has 0 radical (unpaired) electrons. The Morgan fingerprint density at radius 2 is 1.78 bits per heavy atom. The van der Waals surface area contributed by atoms with Crippen LogP contribution in [0.1, 0.15) is 10.4 Å². The molecule has 0 atom stereocenters. The van der Waals surface area contributed by atoms with E-state index in [4.69, 9.17) is 5.11 Å². The number of benzene rings is 2. The largest absolute Gasteiger partial charge is 0.478 e. The van der Waals surface area contributed by atoms with E-state index in [2.05, 4.69) is 4.98 Å². The lowest BCUT2D eigenvalue weighted by atomic mass is 10.0. The van der Waals surface area contributed by atoms with Gasteiger partial charge in [0.1, 0.15) is 0 Å². The molecule has 0 unspecified atom stereocenters. The third kappa shape index (κ3) is 1.66. The Kier molecular flexibility index (Phi) is 2.38. The van der Waals surface area contributed by atoms with Crippen molar-refractivity contribution < 1.29 is 9.90 Å². The Balaban J connectivity index is 2.14. The van der Waals surface area contributed by atoms with Crippen LogP contribution in [0.5, 0.6) is 0 Å².